The summed E-state index contributed by atoms with van der Waals surface area (Å²) in [4.78, 5) is 11.4. The van der Waals surface area contributed by atoms with Gasteiger partial charge in [0.25, 0.3) is 0 Å². The van der Waals surface area contributed by atoms with Gasteiger partial charge in [0.2, 0.25) is 0 Å². The van der Waals surface area contributed by atoms with Crippen LogP contribution in [0.25, 0.3) is 0 Å². The monoisotopic (exact) mass is 222 g/mol. The Morgan fingerprint density at radius 3 is 2.50 bits per heavy atom. The first-order valence-corrected chi connectivity index (χ1v) is 5.56. The topological polar surface area (TPSA) is 46.5 Å². The number of ether oxygens (including phenoxy) is 1. The SMILES string of the molecule is CCC(OC(=O)CC(C)O)c1ccccc1. The van der Waals surface area contributed by atoms with Gasteiger partial charge in [0.1, 0.15) is 6.10 Å². The molecule has 0 radical (unpaired) electrons. The molecule has 0 aliphatic rings. The molecule has 3 heteroatoms. The van der Waals surface area contributed by atoms with Gasteiger partial charge >= 0.3 is 5.97 Å². The number of hydrogen-bond acceptors (Lipinski definition) is 3. The smallest absolute Gasteiger partial charge is 0.309 e. The summed E-state index contributed by atoms with van der Waals surface area (Å²) in [7, 11) is 0. The predicted octanol–water partition coefficient (Wildman–Crippen LogP) is 2.45. The van der Waals surface area contributed by atoms with E-state index in [1.165, 1.54) is 0 Å². The van der Waals surface area contributed by atoms with Gasteiger partial charge in [-0.1, -0.05) is 37.3 Å². The van der Waals surface area contributed by atoms with Crippen LogP contribution >= 0.6 is 0 Å². The average molecular weight is 222 g/mol. The molecule has 1 aromatic carbocycles. The summed E-state index contributed by atoms with van der Waals surface area (Å²) in [5.74, 6) is -0.356. The molecule has 0 aliphatic carbocycles. The molecule has 0 saturated carbocycles. The van der Waals surface area contributed by atoms with Gasteiger partial charge in [-0.05, 0) is 18.9 Å². The van der Waals surface area contributed by atoms with Crippen LogP contribution < -0.4 is 0 Å². The van der Waals surface area contributed by atoms with Crippen molar-refractivity contribution in [2.45, 2.75) is 38.9 Å². The van der Waals surface area contributed by atoms with Crippen LogP contribution in [0.15, 0.2) is 30.3 Å². The largest absolute Gasteiger partial charge is 0.457 e. The van der Waals surface area contributed by atoms with E-state index in [1.807, 2.05) is 37.3 Å². The third kappa shape index (κ3) is 4.03. The van der Waals surface area contributed by atoms with Crippen LogP contribution in [-0.4, -0.2) is 17.2 Å². The van der Waals surface area contributed by atoms with Crippen molar-refractivity contribution in [2.75, 3.05) is 0 Å². The van der Waals surface area contributed by atoms with E-state index in [1.54, 1.807) is 6.92 Å². The zero-order valence-electron chi connectivity index (χ0n) is 9.72. The summed E-state index contributed by atoms with van der Waals surface area (Å²) in [5, 5.41) is 9.08. The van der Waals surface area contributed by atoms with Crippen LogP contribution in [0.3, 0.4) is 0 Å². The fraction of sp³-hybridized carbons (Fsp3) is 0.462. The van der Waals surface area contributed by atoms with Crippen molar-refractivity contribution in [3.8, 4) is 0 Å². The van der Waals surface area contributed by atoms with Crippen molar-refractivity contribution in [1.82, 2.24) is 0 Å². The van der Waals surface area contributed by atoms with Crippen LogP contribution in [0.4, 0.5) is 0 Å². The van der Waals surface area contributed by atoms with Crippen LogP contribution in [0.1, 0.15) is 38.4 Å². The lowest BCUT2D eigenvalue weighted by atomic mass is 10.1. The Hall–Kier alpha value is -1.35. The van der Waals surface area contributed by atoms with E-state index in [-0.39, 0.29) is 18.5 Å². The number of rotatable bonds is 5. The molecule has 0 amide bonds. The van der Waals surface area contributed by atoms with E-state index in [0.717, 1.165) is 12.0 Å². The highest BCUT2D eigenvalue weighted by molar-refractivity contribution is 5.70. The first-order valence-electron chi connectivity index (χ1n) is 5.56. The number of aliphatic hydroxyl groups is 1. The van der Waals surface area contributed by atoms with Crippen molar-refractivity contribution in [2.24, 2.45) is 0 Å². The molecule has 1 rings (SSSR count). The van der Waals surface area contributed by atoms with E-state index in [2.05, 4.69) is 0 Å². The summed E-state index contributed by atoms with van der Waals surface area (Å²) in [5.41, 5.74) is 0.990. The van der Waals surface area contributed by atoms with Crippen molar-refractivity contribution in [3.05, 3.63) is 35.9 Å². The number of hydrogen-bond donors (Lipinski definition) is 1. The molecule has 0 aliphatic heterocycles. The van der Waals surface area contributed by atoms with Gasteiger partial charge in [-0.2, -0.15) is 0 Å². The van der Waals surface area contributed by atoms with Gasteiger partial charge in [-0.25, -0.2) is 0 Å². The maximum absolute atomic E-state index is 11.4. The lowest BCUT2D eigenvalue weighted by molar-refractivity contribution is -0.151. The van der Waals surface area contributed by atoms with E-state index < -0.39 is 6.10 Å². The van der Waals surface area contributed by atoms with E-state index in [9.17, 15) is 4.79 Å². The predicted molar refractivity (Wildman–Crippen MR) is 61.9 cm³/mol. The average Bonchev–Trinajstić information content (AvgIpc) is 2.26. The van der Waals surface area contributed by atoms with Gasteiger partial charge in [0.05, 0.1) is 12.5 Å². The molecule has 1 N–H and O–H groups in total. The Bertz CT molecular complexity index is 319. The molecular formula is C13H18O3. The minimum absolute atomic E-state index is 0.0450. The normalized spacial score (nSPS) is 14.2. The number of carbonyl (C=O) groups excluding carboxylic acids is 1. The second-order valence-electron chi connectivity index (χ2n) is 3.85. The first kappa shape index (κ1) is 12.7. The van der Waals surface area contributed by atoms with Crippen molar-refractivity contribution in [3.63, 3.8) is 0 Å². The fourth-order valence-corrected chi connectivity index (χ4v) is 1.50. The van der Waals surface area contributed by atoms with E-state index >= 15 is 0 Å². The van der Waals surface area contributed by atoms with Gasteiger partial charge in [-0.15, -0.1) is 0 Å². The van der Waals surface area contributed by atoms with E-state index in [0.29, 0.717) is 0 Å². The Labute approximate surface area is 96.1 Å². The quantitative estimate of drug-likeness (QED) is 0.778. The maximum atomic E-state index is 11.4. The van der Waals surface area contributed by atoms with Gasteiger partial charge in [-0.3, -0.25) is 4.79 Å². The number of esters is 1. The van der Waals surface area contributed by atoms with Gasteiger partial charge < -0.3 is 9.84 Å². The van der Waals surface area contributed by atoms with Crippen molar-refractivity contribution < 1.29 is 14.6 Å². The first-order chi connectivity index (χ1) is 7.63. The van der Waals surface area contributed by atoms with Gasteiger partial charge in [0, 0.05) is 0 Å². The molecule has 16 heavy (non-hydrogen) atoms. The van der Waals surface area contributed by atoms with Crippen LogP contribution in [-0.2, 0) is 9.53 Å². The summed E-state index contributed by atoms with van der Waals surface area (Å²) in [6.07, 6.45) is -0.0907. The molecule has 0 saturated heterocycles. The lowest BCUT2D eigenvalue weighted by Crippen LogP contribution is -2.15. The maximum Gasteiger partial charge on any atom is 0.309 e. The van der Waals surface area contributed by atoms with Crippen LogP contribution in [0.2, 0.25) is 0 Å². The van der Waals surface area contributed by atoms with Crippen LogP contribution in [0.5, 0.6) is 0 Å². The molecule has 0 spiro atoms. The molecule has 0 bridgehead atoms. The summed E-state index contributed by atoms with van der Waals surface area (Å²) in [6.45, 7) is 3.54. The minimum Gasteiger partial charge on any atom is -0.457 e. The van der Waals surface area contributed by atoms with Crippen molar-refractivity contribution >= 4 is 5.97 Å². The molecule has 2 atom stereocenters. The summed E-state index contributed by atoms with van der Waals surface area (Å²) >= 11 is 0. The molecule has 88 valence electrons. The number of benzene rings is 1. The minimum atomic E-state index is -0.652. The second-order valence-corrected chi connectivity index (χ2v) is 3.85. The second kappa shape index (κ2) is 6.28. The number of aliphatic hydroxyl groups excluding tert-OH is 1. The van der Waals surface area contributed by atoms with Crippen molar-refractivity contribution in [1.29, 1.82) is 0 Å². The zero-order chi connectivity index (χ0) is 12.0. The van der Waals surface area contributed by atoms with Gasteiger partial charge in [0.15, 0.2) is 0 Å². The number of carbonyl (C=O) groups is 1. The molecule has 0 fully saturated rings. The fourth-order valence-electron chi connectivity index (χ4n) is 1.50. The highest BCUT2D eigenvalue weighted by atomic mass is 16.5. The third-order valence-electron chi connectivity index (χ3n) is 2.28. The van der Waals surface area contributed by atoms with E-state index in [4.69, 9.17) is 9.84 Å². The molecule has 0 heterocycles. The molecule has 0 aromatic heterocycles. The summed E-state index contributed by atoms with van der Waals surface area (Å²) < 4.78 is 5.30. The molecule has 3 nitrogen and oxygen atoms in total. The highest BCUT2D eigenvalue weighted by Crippen LogP contribution is 2.21. The Morgan fingerprint density at radius 2 is 2.00 bits per heavy atom. The summed E-state index contributed by atoms with van der Waals surface area (Å²) in [6, 6.07) is 9.63. The van der Waals surface area contributed by atoms with Crippen LogP contribution in [0, 0.1) is 0 Å². The Morgan fingerprint density at radius 1 is 1.38 bits per heavy atom. The third-order valence-corrected chi connectivity index (χ3v) is 2.28. The standard InChI is InChI=1S/C13H18O3/c1-3-12(11-7-5-4-6-8-11)16-13(15)9-10(2)14/h4-8,10,12,14H,3,9H2,1-2H3. The molecule has 2 unspecified atom stereocenters. The Kier molecular flexibility index (Phi) is 4.99. The molecule has 1 aromatic rings. The highest BCUT2D eigenvalue weighted by Gasteiger charge is 2.15. The molecular weight excluding hydrogens is 204 g/mol. The lowest BCUT2D eigenvalue weighted by Gasteiger charge is -2.17. The zero-order valence-corrected chi connectivity index (χ0v) is 9.72. The Balaban J connectivity index is 2.59.